The third-order valence-electron chi connectivity index (χ3n) is 1.70. The zero-order valence-electron chi connectivity index (χ0n) is 8.02. The monoisotopic (exact) mass is 270 g/mol. The van der Waals surface area contributed by atoms with Crippen molar-refractivity contribution in [3.8, 4) is 5.75 Å². The molecule has 0 spiro atoms. The summed E-state index contributed by atoms with van der Waals surface area (Å²) in [7, 11) is 0. The summed E-state index contributed by atoms with van der Waals surface area (Å²) in [6.07, 6.45) is 1.89. The molecule has 0 radical (unpaired) electrons. The second-order valence-corrected chi connectivity index (χ2v) is 3.39. The molecule has 0 fully saturated rings. The number of hydrogen-bond donors (Lipinski definition) is 1. The van der Waals surface area contributed by atoms with Gasteiger partial charge in [-0.25, -0.2) is 0 Å². The molecule has 4 heteroatoms. The van der Waals surface area contributed by atoms with Crippen molar-refractivity contribution >= 4 is 28.0 Å². The van der Waals surface area contributed by atoms with E-state index < -0.39 is 5.97 Å². The Kier molecular flexibility index (Phi) is 4.90. The molecule has 0 atom stereocenters. The normalized spacial score (nSPS) is 10.5. The highest BCUT2D eigenvalue weighted by Crippen LogP contribution is 2.15. The van der Waals surface area contributed by atoms with Crippen LogP contribution in [0.3, 0.4) is 0 Å². The maximum Gasteiger partial charge on any atom is 0.306 e. The van der Waals surface area contributed by atoms with Gasteiger partial charge in [-0.2, -0.15) is 0 Å². The minimum absolute atomic E-state index is 0.0124. The SMILES string of the molecule is O=C(O)CCOc1cccc(/C=C/Br)c1. The van der Waals surface area contributed by atoms with E-state index in [1.165, 1.54) is 0 Å². The fourth-order valence-electron chi connectivity index (χ4n) is 1.04. The largest absolute Gasteiger partial charge is 0.493 e. The summed E-state index contributed by atoms with van der Waals surface area (Å²) in [6.45, 7) is 0.191. The van der Waals surface area contributed by atoms with E-state index in [0.29, 0.717) is 5.75 Å². The first-order valence-electron chi connectivity index (χ1n) is 4.44. The molecule has 0 unspecified atom stereocenters. The van der Waals surface area contributed by atoms with Gasteiger partial charge in [-0.05, 0) is 28.8 Å². The third-order valence-corrected chi connectivity index (χ3v) is 1.96. The fraction of sp³-hybridized carbons (Fsp3) is 0.182. The van der Waals surface area contributed by atoms with Gasteiger partial charge in [-0.3, -0.25) is 4.79 Å². The van der Waals surface area contributed by atoms with Crippen molar-refractivity contribution in [3.05, 3.63) is 34.8 Å². The van der Waals surface area contributed by atoms with Crippen molar-refractivity contribution in [2.24, 2.45) is 0 Å². The van der Waals surface area contributed by atoms with Crippen LogP contribution in [0.4, 0.5) is 0 Å². The number of ether oxygens (including phenoxy) is 1. The summed E-state index contributed by atoms with van der Waals surface area (Å²) < 4.78 is 5.27. The van der Waals surface area contributed by atoms with Crippen molar-refractivity contribution in [1.29, 1.82) is 0 Å². The highest BCUT2D eigenvalue weighted by molar-refractivity contribution is 9.11. The van der Waals surface area contributed by atoms with Gasteiger partial charge in [0.1, 0.15) is 5.75 Å². The number of benzene rings is 1. The summed E-state index contributed by atoms with van der Waals surface area (Å²) >= 11 is 3.18. The predicted octanol–water partition coefficient (Wildman–Crippen LogP) is 2.91. The lowest BCUT2D eigenvalue weighted by Gasteiger charge is -2.04. The molecule has 0 aromatic heterocycles. The van der Waals surface area contributed by atoms with E-state index in [0.717, 1.165) is 5.56 Å². The molecule has 1 aromatic rings. The molecule has 1 N–H and O–H groups in total. The zero-order valence-corrected chi connectivity index (χ0v) is 9.61. The van der Waals surface area contributed by atoms with Crippen LogP contribution in [0, 0.1) is 0 Å². The Balaban J connectivity index is 2.54. The molecule has 0 bridgehead atoms. The van der Waals surface area contributed by atoms with Crippen molar-refractivity contribution in [2.75, 3.05) is 6.61 Å². The van der Waals surface area contributed by atoms with Crippen LogP contribution in [-0.2, 0) is 4.79 Å². The minimum atomic E-state index is -0.855. The fourth-order valence-corrected chi connectivity index (χ4v) is 1.34. The molecule has 3 nitrogen and oxygen atoms in total. The smallest absolute Gasteiger partial charge is 0.306 e. The Labute approximate surface area is 96.5 Å². The number of rotatable bonds is 5. The van der Waals surface area contributed by atoms with Crippen LogP contribution < -0.4 is 4.74 Å². The summed E-state index contributed by atoms with van der Waals surface area (Å²) in [4.78, 5) is 12.0. The Morgan fingerprint density at radius 2 is 2.33 bits per heavy atom. The van der Waals surface area contributed by atoms with Crippen molar-refractivity contribution < 1.29 is 14.6 Å². The molecule has 1 rings (SSSR count). The van der Waals surface area contributed by atoms with E-state index >= 15 is 0 Å². The Morgan fingerprint density at radius 3 is 3.00 bits per heavy atom. The number of hydrogen-bond acceptors (Lipinski definition) is 2. The maximum absolute atomic E-state index is 10.3. The highest BCUT2D eigenvalue weighted by Gasteiger charge is 1.98. The minimum Gasteiger partial charge on any atom is -0.493 e. The van der Waals surface area contributed by atoms with E-state index in [-0.39, 0.29) is 13.0 Å². The second-order valence-electron chi connectivity index (χ2n) is 2.86. The van der Waals surface area contributed by atoms with E-state index in [4.69, 9.17) is 9.84 Å². The van der Waals surface area contributed by atoms with Crippen LogP contribution in [0.2, 0.25) is 0 Å². The van der Waals surface area contributed by atoms with Crippen LogP contribution in [0.15, 0.2) is 29.3 Å². The van der Waals surface area contributed by atoms with Crippen molar-refractivity contribution in [2.45, 2.75) is 6.42 Å². The lowest BCUT2D eigenvalue weighted by molar-refractivity contribution is -0.137. The van der Waals surface area contributed by atoms with E-state index in [2.05, 4.69) is 15.9 Å². The summed E-state index contributed by atoms with van der Waals surface area (Å²) in [6, 6.07) is 7.44. The van der Waals surface area contributed by atoms with E-state index in [1.54, 1.807) is 11.1 Å². The van der Waals surface area contributed by atoms with Gasteiger partial charge in [-0.1, -0.05) is 28.1 Å². The molecule has 80 valence electrons. The van der Waals surface area contributed by atoms with Crippen molar-refractivity contribution in [3.63, 3.8) is 0 Å². The van der Waals surface area contributed by atoms with Crippen LogP contribution in [0.25, 0.3) is 6.08 Å². The molecular weight excluding hydrogens is 260 g/mol. The number of carboxylic acid groups (broad SMARTS) is 1. The molecule has 0 saturated carbocycles. The van der Waals surface area contributed by atoms with Crippen LogP contribution in [-0.4, -0.2) is 17.7 Å². The van der Waals surface area contributed by atoms with Gasteiger partial charge in [0.05, 0.1) is 13.0 Å². The molecule has 0 saturated heterocycles. The molecule has 0 aliphatic rings. The number of carbonyl (C=O) groups is 1. The number of aliphatic carboxylic acids is 1. The average molecular weight is 271 g/mol. The summed E-state index contributed by atoms with van der Waals surface area (Å²) in [5.41, 5.74) is 1.000. The predicted molar refractivity (Wildman–Crippen MR) is 62.2 cm³/mol. The first-order valence-corrected chi connectivity index (χ1v) is 5.35. The standard InChI is InChI=1S/C11H11BrO3/c12-6-4-9-2-1-3-10(8-9)15-7-5-11(13)14/h1-4,6,8H,5,7H2,(H,13,14)/b6-4+. The van der Waals surface area contributed by atoms with E-state index in [1.807, 2.05) is 24.3 Å². The first-order chi connectivity index (χ1) is 7.22. The van der Waals surface area contributed by atoms with Crippen molar-refractivity contribution in [1.82, 2.24) is 0 Å². The topological polar surface area (TPSA) is 46.5 Å². The summed E-state index contributed by atoms with van der Waals surface area (Å²) in [5, 5.41) is 8.43. The summed E-state index contributed by atoms with van der Waals surface area (Å²) in [5.74, 6) is -0.175. The van der Waals surface area contributed by atoms with Gasteiger partial charge < -0.3 is 9.84 Å². The van der Waals surface area contributed by atoms with E-state index in [9.17, 15) is 4.79 Å². The van der Waals surface area contributed by atoms with Gasteiger partial charge in [-0.15, -0.1) is 0 Å². The van der Waals surface area contributed by atoms with Crippen LogP contribution in [0.1, 0.15) is 12.0 Å². The van der Waals surface area contributed by atoms with Crippen LogP contribution in [0.5, 0.6) is 5.75 Å². The highest BCUT2D eigenvalue weighted by atomic mass is 79.9. The van der Waals surface area contributed by atoms with Gasteiger partial charge in [0, 0.05) is 0 Å². The van der Waals surface area contributed by atoms with Gasteiger partial charge in [0.25, 0.3) is 0 Å². The first kappa shape index (κ1) is 11.8. The lowest BCUT2D eigenvalue weighted by atomic mass is 10.2. The van der Waals surface area contributed by atoms with Crippen LogP contribution >= 0.6 is 15.9 Å². The van der Waals surface area contributed by atoms with Gasteiger partial charge >= 0.3 is 5.97 Å². The quantitative estimate of drug-likeness (QED) is 0.895. The molecule has 0 aliphatic heterocycles. The molecule has 1 aromatic carbocycles. The Morgan fingerprint density at radius 1 is 1.53 bits per heavy atom. The number of carboxylic acids is 1. The van der Waals surface area contributed by atoms with Gasteiger partial charge in [0.15, 0.2) is 0 Å². The van der Waals surface area contributed by atoms with Gasteiger partial charge in [0.2, 0.25) is 0 Å². The number of halogens is 1. The molecule has 0 amide bonds. The molecular formula is C11H11BrO3. The maximum atomic E-state index is 10.3. The molecule has 0 aliphatic carbocycles. The lowest BCUT2D eigenvalue weighted by Crippen LogP contribution is -2.04. The Hall–Kier alpha value is -1.29. The average Bonchev–Trinajstić information content (AvgIpc) is 2.18. The molecule has 0 heterocycles. The second kappa shape index (κ2) is 6.24. The Bertz CT molecular complexity index is 361. The zero-order chi connectivity index (χ0) is 11.1. The molecule has 15 heavy (non-hydrogen) atoms. The third kappa shape index (κ3) is 4.65.